The lowest BCUT2D eigenvalue weighted by Gasteiger charge is -2.17. The third-order valence-corrected chi connectivity index (χ3v) is 5.11. The largest absolute Gasteiger partial charge is 0.497 e. The first kappa shape index (κ1) is 15.8. The van der Waals surface area contributed by atoms with E-state index in [1.54, 1.807) is 18.4 Å². The molecule has 1 aromatic heterocycles. The van der Waals surface area contributed by atoms with Crippen molar-refractivity contribution in [1.29, 1.82) is 0 Å². The van der Waals surface area contributed by atoms with Crippen molar-refractivity contribution in [3.63, 3.8) is 0 Å². The van der Waals surface area contributed by atoms with Crippen LogP contribution in [0.15, 0.2) is 59.0 Å². The number of anilines is 1. The standard InChI is InChI=1S/C20H19N3OS/c1-24-16-11-9-15(10-12-16)19-13-25-20(21-19)23-22-18-8-4-6-14-5-2-3-7-17(14)18/h2-3,5,7,9-13H,4,6,8H2,1H3,(H,21,23)/b22-18-. The number of aryl methyl sites for hydroxylation is 1. The Kier molecular flexibility index (Phi) is 4.48. The maximum Gasteiger partial charge on any atom is 0.203 e. The van der Waals surface area contributed by atoms with Crippen LogP contribution in [0.4, 0.5) is 5.13 Å². The molecule has 0 spiro atoms. The van der Waals surface area contributed by atoms with Crippen LogP contribution in [-0.2, 0) is 6.42 Å². The molecule has 0 amide bonds. The molecule has 4 nitrogen and oxygen atoms in total. The van der Waals surface area contributed by atoms with Gasteiger partial charge in [0.15, 0.2) is 0 Å². The maximum atomic E-state index is 5.20. The van der Waals surface area contributed by atoms with Crippen molar-refractivity contribution in [2.75, 3.05) is 12.5 Å². The lowest BCUT2D eigenvalue weighted by atomic mass is 9.90. The summed E-state index contributed by atoms with van der Waals surface area (Å²) in [6.45, 7) is 0. The number of hydrogen-bond acceptors (Lipinski definition) is 5. The van der Waals surface area contributed by atoms with Crippen LogP contribution < -0.4 is 10.2 Å². The number of nitrogens with one attached hydrogen (secondary N) is 1. The summed E-state index contributed by atoms with van der Waals surface area (Å²) in [5, 5.41) is 7.47. The van der Waals surface area contributed by atoms with Crippen molar-refractivity contribution in [2.24, 2.45) is 5.10 Å². The van der Waals surface area contributed by atoms with E-state index in [4.69, 9.17) is 4.74 Å². The molecule has 3 aromatic rings. The van der Waals surface area contributed by atoms with Gasteiger partial charge < -0.3 is 4.74 Å². The predicted molar refractivity (Wildman–Crippen MR) is 104 cm³/mol. The quantitative estimate of drug-likeness (QED) is 0.676. The summed E-state index contributed by atoms with van der Waals surface area (Å²) in [5.74, 6) is 0.847. The van der Waals surface area contributed by atoms with Crippen molar-refractivity contribution < 1.29 is 4.74 Å². The number of rotatable bonds is 4. The van der Waals surface area contributed by atoms with Gasteiger partial charge in [0.2, 0.25) is 5.13 Å². The molecular weight excluding hydrogens is 330 g/mol. The van der Waals surface area contributed by atoms with E-state index in [2.05, 4.69) is 39.8 Å². The number of methoxy groups -OCH3 is 1. The smallest absolute Gasteiger partial charge is 0.203 e. The zero-order chi connectivity index (χ0) is 17.1. The summed E-state index contributed by atoms with van der Waals surface area (Å²) in [6.07, 6.45) is 3.28. The Morgan fingerprint density at radius 1 is 1.08 bits per heavy atom. The Morgan fingerprint density at radius 3 is 2.76 bits per heavy atom. The minimum Gasteiger partial charge on any atom is -0.497 e. The molecule has 0 radical (unpaired) electrons. The minimum atomic E-state index is 0.807. The minimum absolute atomic E-state index is 0.807. The number of nitrogens with zero attached hydrogens (tertiary/aromatic N) is 2. The van der Waals surface area contributed by atoms with Crippen molar-refractivity contribution in [2.45, 2.75) is 19.3 Å². The van der Waals surface area contributed by atoms with E-state index in [1.165, 1.54) is 11.1 Å². The summed E-state index contributed by atoms with van der Waals surface area (Å²) < 4.78 is 5.20. The molecule has 1 N–H and O–H groups in total. The van der Waals surface area contributed by atoms with Crippen molar-refractivity contribution >= 4 is 22.2 Å². The van der Waals surface area contributed by atoms with Gasteiger partial charge in [0.05, 0.1) is 18.5 Å². The van der Waals surface area contributed by atoms with Crippen LogP contribution in [0.5, 0.6) is 5.75 Å². The molecule has 0 saturated carbocycles. The molecule has 0 fully saturated rings. The molecule has 126 valence electrons. The van der Waals surface area contributed by atoms with E-state index in [0.717, 1.165) is 47.1 Å². The topological polar surface area (TPSA) is 46.5 Å². The molecule has 1 heterocycles. The van der Waals surface area contributed by atoms with E-state index < -0.39 is 0 Å². The van der Waals surface area contributed by atoms with Crippen LogP contribution in [0, 0.1) is 0 Å². The van der Waals surface area contributed by atoms with Gasteiger partial charge in [-0.2, -0.15) is 5.10 Å². The van der Waals surface area contributed by atoms with Gasteiger partial charge in [-0.3, -0.25) is 5.43 Å². The van der Waals surface area contributed by atoms with Gasteiger partial charge in [0, 0.05) is 16.5 Å². The van der Waals surface area contributed by atoms with Crippen LogP contribution in [0.25, 0.3) is 11.3 Å². The molecule has 1 aliphatic carbocycles. The summed E-state index contributed by atoms with van der Waals surface area (Å²) in [7, 11) is 1.67. The number of hydrogen-bond donors (Lipinski definition) is 1. The lowest BCUT2D eigenvalue weighted by molar-refractivity contribution is 0.415. The summed E-state index contributed by atoms with van der Waals surface area (Å²) in [6, 6.07) is 16.4. The first-order valence-electron chi connectivity index (χ1n) is 8.34. The first-order chi connectivity index (χ1) is 12.3. The summed E-state index contributed by atoms with van der Waals surface area (Å²) >= 11 is 1.56. The highest BCUT2D eigenvalue weighted by Gasteiger charge is 2.15. The molecule has 0 aliphatic heterocycles. The van der Waals surface area contributed by atoms with E-state index >= 15 is 0 Å². The van der Waals surface area contributed by atoms with Crippen LogP contribution in [0.3, 0.4) is 0 Å². The van der Waals surface area contributed by atoms with E-state index in [-0.39, 0.29) is 0 Å². The Labute approximate surface area is 151 Å². The molecule has 0 atom stereocenters. The Hall–Kier alpha value is -2.66. The van der Waals surface area contributed by atoms with Gasteiger partial charge in [0.1, 0.15) is 5.75 Å². The molecule has 0 unspecified atom stereocenters. The average Bonchev–Trinajstić information content (AvgIpc) is 3.15. The van der Waals surface area contributed by atoms with Crippen LogP contribution in [0.2, 0.25) is 0 Å². The third kappa shape index (κ3) is 3.42. The van der Waals surface area contributed by atoms with Gasteiger partial charge in [-0.25, -0.2) is 4.98 Å². The maximum absolute atomic E-state index is 5.20. The fourth-order valence-corrected chi connectivity index (χ4v) is 3.71. The van der Waals surface area contributed by atoms with Gasteiger partial charge in [-0.1, -0.05) is 24.3 Å². The predicted octanol–water partition coefficient (Wildman–Crippen LogP) is 4.97. The van der Waals surface area contributed by atoms with Crippen molar-refractivity contribution in [1.82, 2.24) is 4.98 Å². The number of aromatic nitrogens is 1. The van der Waals surface area contributed by atoms with E-state index in [1.807, 2.05) is 29.6 Å². The molecule has 5 heteroatoms. The number of ether oxygens (including phenoxy) is 1. The molecule has 0 bridgehead atoms. The second kappa shape index (κ2) is 7.07. The molecule has 0 saturated heterocycles. The first-order valence-corrected chi connectivity index (χ1v) is 9.22. The van der Waals surface area contributed by atoms with Crippen LogP contribution >= 0.6 is 11.3 Å². The van der Waals surface area contributed by atoms with Gasteiger partial charge in [0.25, 0.3) is 0 Å². The second-order valence-electron chi connectivity index (χ2n) is 5.95. The van der Waals surface area contributed by atoms with Crippen LogP contribution in [0.1, 0.15) is 24.0 Å². The van der Waals surface area contributed by atoms with Crippen molar-refractivity contribution in [3.8, 4) is 17.0 Å². The van der Waals surface area contributed by atoms with E-state index in [9.17, 15) is 0 Å². The second-order valence-corrected chi connectivity index (χ2v) is 6.81. The van der Waals surface area contributed by atoms with Gasteiger partial charge in [-0.15, -0.1) is 11.3 Å². The van der Waals surface area contributed by atoms with Crippen molar-refractivity contribution in [3.05, 3.63) is 65.0 Å². The third-order valence-electron chi connectivity index (χ3n) is 4.36. The number of benzene rings is 2. The molecule has 2 aromatic carbocycles. The summed E-state index contributed by atoms with van der Waals surface area (Å²) in [4.78, 5) is 4.64. The highest BCUT2D eigenvalue weighted by atomic mass is 32.1. The Balaban J connectivity index is 1.52. The van der Waals surface area contributed by atoms with Crippen LogP contribution in [-0.4, -0.2) is 17.8 Å². The number of thiazole rings is 1. The zero-order valence-electron chi connectivity index (χ0n) is 14.0. The Morgan fingerprint density at radius 2 is 1.92 bits per heavy atom. The highest BCUT2D eigenvalue weighted by molar-refractivity contribution is 7.14. The SMILES string of the molecule is COc1ccc(-c2csc(N/N=C3/CCCc4ccccc43)n2)cc1. The van der Waals surface area contributed by atoms with Gasteiger partial charge in [-0.05, 0) is 49.1 Å². The fourth-order valence-electron chi connectivity index (χ4n) is 3.05. The molecule has 1 aliphatic rings. The summed E-state index contributed by atoms with van der Waals surface area (Å²) in [5.41, 5.74) is 8.91. The molecule has 4 rings (SSSR count). The zero-order valence-corrected chi connectivity index (χ0v) is 14.8. The number of fused-ring (bicyclic) bond motifs is 1. The Bertz CT molecular complexity index is 899. The average molecular weight is 349 g/mol. The van der Waals surface area contributed by atoms with E-state index in [0.29, 0.717) is 0 Å². The number of hydrazone groups is 1. The monoisotopic (exact) mass is 349 g/mol. The molecule has 25 heavy (non-hydrogen) atoms. The molecular formula is C20H19N3OS. The lowest BCUT2D eigenvalue weighted by Crippen LogP contribution is -2.13. The van der Waals surface area contributed by atoms with Gasteiger partial charge >= 0.3 is 0 Å². The normalized spacial score (nSPS) is 15.0. The fraction of sp³-hybridized carbons (Fsp3) is 0.200. The highest BCUT2D eigenvalue weighted by Crippen LogP contribution is 2.27.